The summed E-state index contributed by atoms with van der Waals surface area (Å²) in [5.41, 5.74) is 1.14. The van der Waals surface area contributed by atoms with Crippen LogP contribution in [0, 0.1) is 0 Å². The molecule has 1 heterocycles. The number of carbonyl (C=O) groups excluding carboxylic acids is 1. The Balaban J connectivity index is 1.75. The molecule has 0 bridgehead atoms. The minimum absolute atomic E-state index is 0.00966. The summed E-state index contributed by atoms with van der Waals surface area (Å²) >= 11 is 1.60. The number of carbonyl (C=O) groups is 1. The molecule has 2 aromatic rings. The van der Waals surface area contributed by atoms with E-state index in [4.69, 9.17) is 0 Å². The lowest BCUT2D eigenvalue weighted by Gasteiger charge is -2.32. The molecule has 1 atom stereocenters. The second kappa shape index (κ2) is 8.46. The van der Waals surface area contributed by atoms with Crippen LogP contribution in [0.1, 0.15) is 36.5 Å². The van der Waals surface area contributed by atoms with Gasteiger partial charge in [-0.1, -0.05) is 12.5 Å². The summed E-state index contributed by atoms with van der Waals surface area (Å²) in [6.07, 6.45) is 4.81. The van der Waals surface area contributed by atoms with E-state index in [1.807, 2.05) is 37.4 Å². The fourth-order valence-corrected chi connectivity index (χ4v) is 5.41. The predicted molar refractivity (Wildman–Crippen MR) is 110 cm³/mol. The first-order chi connectivity index (χ1) is 12.9. The summed E-state index contributed by atoms with van der Waals surface area (Å²) in [7, 11) is -3.52. The molecule has 2 aromatic carbocycles. The summed E-state index contributed by atoms with van der Waals surface area (Å²) in [5, 5.41) is 2.85. The third kappa shape index (κ3) is 4.54. The molecular formula is C20H24N2O3S2. The number of anilines is 1. The highest BCUT2D eigenvalue weighted by molar-refractivity contribution is 7.98. The van der Waals surface area contributed by atoms with Crippen molar-refractivity contribution in [2.75, 3.05) is 18.1 Å². The number of nitrogens with zero attached hydrogens (tertiary/aromatic N) is 1. The van der Waals surface area contributed by atoms with Crippen LogP contribution in [0.25, 0.3) is 0 Å². The minimum Gasteiger partial charge on any atom is -0.322 e. The van der Waals surface area contributed by atoms with E-state index in [2.05, 4.69) is 5.32 Å². The van der Waals surface area contributed by atoms with Gasteiger partial charge in [0.2, 0.25) is 10.0 Å². The Kier molecular flexibility index (Phi) is 6.24. The SMILES string of the molecule is CSc1cccc(NC(=O)c2ccc(S(=O)(=O)N3CCCC[C@@H]3C)cc2)c1. The molecular weight excluding hydrogens is 380 g/mol. The van der Waals surface area contributed by atoms with E-state index >= 15 is 0 Å². The van der Waals surface area contributed by atoms with Crippen molar-refractivity contribution in [2.45, 2.75) is 42.0 Å². The van der Waals surface area contributed by atoms with Gasteiger partial charge in [0, 0.05) is 28.7 Å². The van der Waals surface area contributed by atoms with Gasteiger partial charge in [-0.2, -0.15) is 4.31 Å². The topological polar surface area (TPSA) is 66.5 Å². The van der Waals surface area contributed by atoms with Crippen molar-refractivity contribution in [3.8, 4) is 0 Å². The standard InChI is InChI=1S/C20H24N2O3S2/c1-15-6-3-4-13-22(15)27(24,25)19-11-9-16(10-12-19)20(23)21-17-7-5-8-18(14-17)26-2/h5,7-12,14-15H,3-4,6,13H2,1-2H3,(H,21,23)/t15-/m0/s1. The lowest BCUT2D eigenvalue weighted by atomic mass is 10.1. The number of hydrogen-bond donors (Lipinski definition) is 1. The molecule has 1 aliphatic rings. The van der Waals surface area contributed by atoms with Crippen molar-refractivity contribution in [3.63, 3.8) is 0 Å². The molecule has 1 fully saturated rings. The molecule has 0 aromatic heterocycles. The monoisotopic (exact) mass is 404 g/mol. The van der Waals surface area contributed by atoms with Gasteiger partial charge in [0.15, 0.2) is 0 Å². The van der Waals surface area contributed by atoms with Crippen LogP contribution >= 0.6 is 11.8 Å². The normalized spacial score (nSPS) is 18.2. The highest BCUT2D eigenvalue weighted by Gasteiger charge is 2.30. The molecule has 7 heteroatoms. The average molecular weight is 405 g/mol. The lowest BCUT2D eigenvalue weighted by molar-refractivity contribution is 0.102. The Labute approximate surface area is 165 Å². The molecule has 0 unspecified atom stereocenters. The zero-order chi connectivity index (χ0) is 19.4. The molecule has 144 valence electrons. The Morgan fingerprint density at radius 1 is 1.15 bits per heavy atom. The molecule has 0 saturated carbocycles. The van der Waals surface area contributed by atoms with E-state index < -0.39 is 10.0 Å². The van der Waals surface area contributed by atoms with Gasteiger partial charge >= 0.3 is 0 Å². The van der Waals surface area contributed by atoms with Crippen molar-refractivity contribution in [1.29, 1.82) is 0 Å². The second-order valence-electron chi connectivity index (χ2n) is 6.67. The van der Waals surface area contributed by atoms with Crippen LogP contribution in [0.4, 0.5) is 5.69 Å². The van der Waals surface area contributed by atoms with Gasteiger partial charge in [-0.15, -0.1) is 11.8 Å². The van der Waals surface area contributed by atoms with Crippen molar-refractivity contribution < 1.29 is 13.2 Å². The maximum Gasteiger partial charge on any atom is 0.255 e. The highest BCUT2D eigenvalue weighted by Crippen LogP contribution is 2.25. The first-order valence-corrected chi connectivity index (χ1v) is 11.7. The summed E-state index contributed by atoms with van der Waals surface area (Å²) in [6, 6.07) is 13.8. The second-order valence-corrected chi connectivity index (χ2v) is 9.44. The molecule has 0 radical (unpaired) electrons. The fraction of sp³-hybridized carbons (Fsp3) is 0.350. The lowest BCUT2D eigenvalue weighted by Crippen LogP contribution is -2.41. The third-order valence-corrected chi connectivity index (χ3v) is 7.55. The Morgan fingerprint density at radius 3 is 2.56 bits per heavy atom. The number of sulfonamides is 1. The Bertz CT molecular complexity index is 911. The predicted octanol–water partition coefficient (Wildman–Crippen LogP) is 4.22. The van der Waals surface area contributed by atoms with Crippen molar-refractivity contribution >= 4 is 33.4 Å². The van der Waals surface area contributed by atoms with Gasteiger partial charge in [-0.05, 0) is 68.5 Å². The maximum absolute atomic E-state index is 12.9. The van der Waals surface area contributed by atoms with Crippen molar-refractivity contribution in [3.05, 3.63) is 54.1 Å². The zero-order valence-electron chi connectivity index (χ0n) is 15.5. The summed E-state index contributed by atoms with van der Waals surface area (Å²) in [5.74, 6) is -0.261. The highest BCUT2D eigenvalue weighted by atomic mass is 32.2. The fourth-order valence-electron chi connectivity index (χ4n) is 3.25. The van der Waals surface area contributed by atoms with Crippen LogP contribution in [0.2, 0.25) is 0 Å². The van der Waals surface area contributed by atoms with Crippen LogP contribution in [-0.4, -0.2) is 37.5 Å². The Morgan fingerprint density at radius 2 is 1.89 bits per heavy atom. The summed E-state index contributed by atoms with van der Waals surface area (Å²) in [4.78, 5) is 13.7. The van der Waals surface area contributed by atoms with Gasteiger partial charge in [0.25, 0.3) is 5.91 Å². The maximum atomic E-state index is 12.9. The van der Waals surface area contributed by atoms with E-state index in [0.29, 0.717) is 17.8 Å². The van der Waals surface area contributed by atoms with Crippen LogP contribution in [-0.2, 0) is 10.0 Å². The number of thioether (sulfide) groups is 1. The first-order valence-electron chi connectivity index (χ1n) is 8.99. The van der Waals surface area contributed by atoms with E-state index in [9.17, 15) is 13.2 Å². The van der Waals surface area contributed by atoms with Crippen LogP contribution in [0.5, 0.6) is 0 Å². The zero-order valence-corrected chi connectivity index (χ0v) is 17.1. The van der Waals surface area contributed by atoms with Gasteiger partial charge in [0.1, 0.15) is 0 Å². The van der Waals surface area contributed by atoms with Crippen LogP contribution in [0.3, 0.4) is 0 Å². The molecule has 1 saturated heterocycles. The van der Waals surface area contributed by atoms with E-state index in [0.717, 1.165) is 24.2 Å². The minimum atomic E-state index is -3.52. The molecule has 1 aliphatic heterocycles. The molecule has 3 rings (SSSR count). The molecule has 0 spiro atoms. The van der Waals surface area contributed by atoms with Crippen LogP contribution < -0.4 is 5.32 Å². The Hall–Kier alpha value is -1.83. The molecule has 5 nitrogen and oxygen atoms in total. The smallest absolute Gasteiger partial charge is 0.255 e. The van der Waals surface area contributed by atoms with Gasteiger partial charge < -0.3 is 5.32 Å². The number of piperidine rings is 1. The van der Waals surface area contributed by atoms with Gasteiger partial charge in [-0.25, -0.2) is 8.42 Å². The van der Waals surface area contributed by atoms with Crippen LogP contribution in [0.15, 0.2) is 58.3 Å². The van der Waals surface area contributed by atoms with Gasteiger partial charge in [0.05, 0.1) is 4.90 Å². The quantitative estimate of drug-likeness (QED) is 0.758. The van der Waals surface area contributed by atoms with E-state index in [1.54, 1.807) is 28.2 Å². The van der Waals surface area contributed by atoms with E-state index in [-0.39, 0.29) is 16.8 Å². The summed E-state index contributed by atoms with van der Waals surface area (Å²) < 4.78 is 27.3. The van der Waals surface area contributed by atoms with Crippen molar-refractivity contribution in [1.82, 2.24) is 4.31 Å². The molecule has 27 heavy (non-hydrogen) atoms. The number of nitrogens with one attached hydrogen (secondary N) is 1. The number of amides is 1. The largest absolute Gasteiger partial charge is 0.322 e. The number of rotatable bonds is 5. The molecule has 1 N–H and O–H groups in total. The number of hydrogen-bond acceptors (Lipinski definition) is 4. The van der Waals surface area contributed by atoms with Gasteiger partial charge in [-0.3, -0.25) is 4.79 Å². The first kappa shape index (κ1) is 19.9. The molecule has 1 amide bonds. The molecule has 0 aliphatic carbocycles. The average Bonchev–Trinajstić information content (AvgIpc) is 2.68. The third-order valence-electron chi connectivity index (χ3n) is 4.79. The van der Waals surface area contributed by atoms with Crippen molar-refractivity contribution in [2.24, 2.45) is 0 Å². The van der Waals surface area contributed by atoms with E-state index in [1.165, 1.54) is 12.1 Å². The number of benzene rings is 2. The summed E-state index contributed by atoms with van der Waals surface area (Å²) in [6.45, 7) is 2.50.